The zero-order valence-electron chi connectivity index (χ0n) is 20.8. The monoisotopic (exact) mass is 504 g/mol. The summed E-state index contributed by atoms with van der Waals surface area (Å²) >= 11 is 0. The predicted octanol–water partition coefficient (Wildman–Crippen LogP) is 3.88. The quantitative estimate of drug-likeness (QED) is 0.549. The number of nitrogens with two attached hydrogens (primary N) is 1. The number of fused-ring (bicyclic) bond motifs is 1. The number of benzene rings is 2. The van der Waals surface area contributed by atoms with Crippen molar-refractivity contribution in [3.63, 3.8) is 0 Å². The van der Waals surface area contributed by atoms with E-state index < -0.39 is 17.7 Å². The van der Waals surface area contributed by atoms with Crippen LogP contribution in [0.4, 0.5) is 20.3 Å². The fourth-order valence-corrected chi connectivity index (χ4v) is 5.57. The maximum Gasteiger partial charge on any atom is 0.254 e. The van der Waals surface area contributed by atoms with Crippen molar-refractivity contribution in [2.24, 2.45) is 5.92 Å². The lowest BCUT2D eigenvalue weighted by Gasteiger charge is -2.39. The third kappa shape index (κ3) is 4.52. The van der Waals surface area contributed by atoms with Crippen LogP contribution in [0.3, 0.4) is 0 Å². The van der Waals surface area contributed by atoms with Gasteiger partial charge in [-0.25, -0.2) is 9.37 Å². The van der Waals surface area contributed by atoms with Gasteiger partial charge >= 0.3 is 0 Å². The number of nitrogens with one attached hydrogen (secondary N) is 1. The van der Waals surface area contributed by atoms with Crippen LogP contribution in [-0.2, 0) is 6.42 Å². The summed E-state index contributed by atoms with van der Waals surface area (Å²) in [4.78, 5) is 25.3. The molecule has 3 N–H and O–H groups in total. The second-order valence-corrected chi connectivity index (χ2v) is 10.2. The number of hydrogen-bond acceptors (Lipinski definition) is 6. The van der Waals surface area contributed by atoms with Crippen molar-refractivity contribution in [3.05, 3.63) is 59.3 Å². The second kappa shape index (κ2) is 9.37. The number of aromatic nitrogens is 2. The number of nitrogen functional groups attached to an aromatic ring is 1. The fraction of sp³-hybridized carbons (Fsp3) is 0.393. The first-order valence-electron chi connectivity index (χ1n) is 12.9. The van der Waals surface area contributed by atoms with Gasteiger partial charge in [-0.1, -0.05) is 12.1 Å². The second-order valence-electron chi connectivity index (χ2n) is 10.2. The van der Waals surface area contributed by atoms with E-state index in [1.165, 1.54) is 18.9 Å². The summed E-state index contributed by atoms with van der Waals surface area (Å²) in [6.45, 7) is 6.76. The van der Waals surface area contributed by atoms with Gasteiger partial charge in [-0.3, -0.25) is 9.69 Å². The topological polar surface area (TPSA) is 87.4 Å². The Balaban J connectivity index is 1.24. The summed E-state index contributed by atoms with van der Waals surface area (Å²) in [5, 5.41) is 2.64. The molecule has 0 radical (unpaired) electrons. The third-order valence-electron chi connectivity index (χ3n) is 7.93. The Morgan fingerprint density at radius 1 is 1.00 bits per heavy atom. The molecule has 0 spiro atoms. The first-order chi connectivity index (χ1) is 17.9. The number of anilines is 2. The number of piperazine rings is 1. The molecule has 1 atom stereocenters. The van der Waals surface area contributed by atoms with E-state index in [4.69, 9.17) is 5.73 Å². The van der Waals surface area contributed by atoms with E-state index in [1.807, 2.05) is 24.3 Å². The summed E-state index contributed by atoms with van der Waals surface area (Å²) in [7, 11) is 0. The molecule has 1 aromatic heterocycles. The van der Waals surface area contributed by atoms with E-state index in [1.54, 1.807) is 6.07 Å². The largest absolute Gasteiger partial charge is 0.382 e. The molecule has 1 aliphatic carbocycles. The summed E-state index contributed by atoms with van der Waals surface area (Å²) in [6.07, 6.45) is 3.20. The molecular weight excluding hydrogens is 474 g/mol. The molecule has 9 heteroatoms. The maximum atomic E-state index is 14.9. The highest BCUT2D eigenvalue weighted by molar-refractivity contribution is 5.97. The molecule has 7 nitrogen and oxygen atoms in total. The van der Waals surface area contributed by atoms with Gasteiger partial charge in [0.15, 0.2) is 5.82 Å². The van der Waals surface area contributed by atoms with Crippen molar-refractivity contribution in [1.82, 2.24) is 20.2 Å². The molecule has 1 saturated heterocycles. The van der Waals surface area contributed by atoms with Crippen LogP contribution in [0.25, 0.3) is 22.5 Å². The van der Waals surface area contributed by atoms with Crippen molar-refractivity contribution in [2.45, 2.75) is 32.2 Å². The molecule has 2 aliphatic heterocycles. The predicted molar refractivity (Wildman–Crippen MR) is 139 cm³/mol. The number of rotatable bonds is 5. The Labute approximate surface area is 214 Å². The minimum Gasteiger partial charge on any atom is -0.382 e. The Hall–Kier alpha value is -3.59. The minimum atomic E-state index is -0.783. The average Bonchev–Trinajstić information content (AvgIpc) is 3.74. The van der Waals surface area contributed by atoms with Crippen LogP contribution < -0.4 is 16.0 Å². The van der Waals surface area contributed by atoms with Gasteiger partial charge in [0.1, 0.15) is 17.2 Å². The van der Waals surface area contributed by atoms with Gasteiger partial charge in [0.25, 0.3) is 5.91 Å². The molecule has 3 heterocycles. The summed E-state index contributed by atoms with van der Waals surface area (Å²) in [5.41, 5.74) is 8.86. The first kappa shape index (κ1) is 23.8. The number of hydrogen-bond donors (Lipinski definition) is 2. The molecule has 3 aromatic rings. The van der Waals surface area contributed by atoms with Crippen LogP contribution >= 0.6 is 0 Å². The molecular formula is C28H30F2N6O. The molecule has 3 aliphatic rings. The molecule has 6 rings (SSSR count). The van der Waals surface area contributed by atoms with Gasteiger partial charge in [-0.15, -0.1) is 0 Å². The first-order valence-corrected chi connectivity index (χ1v) is 12.9. The highest BCUT2D eigenvalue weighted by Gasteiger charge is 2.33. The van der Waals surface area contributed by atoms with Crippen molar-refractivity contribution in [2.75, 3.05) is 43.4 Å². The molecule has 1 saturated carbocycles. The van der Waals surface area contributed by atoms with Gasteiger partial charge < -0.3 is 16.0 Å². The van der Waals surface area contributed by atoms with E-state index in [2.05, 4.69) is 32.0 Å². The Kier molecular flexibility index (Phi) is 6.03. The van der Waals surface area contributed by atoms with Gasteiger partial charge in [-0.2, -0.15) is 9.37 Å². The molecule has 1 amide bonds. The zero-order valence-corrected chi connectivity index (χ0v) is 20.8. The number of halogens is 2. The van der Waals surface area contributed by atoms with E-state index in [0.29, 0.717) is 35.7 Å². The number of amides is 1. The zero-order chi connectivity index (χ0) is 25.7. The van der Waals surface area contributed by atoms with Gasteiger partial charge in [0, 0.05) is 55.6 Å². The van der Waals surface area contributed by atoms with Crippen LogP contribution in [0.2, 0.25) is 0 Å². The van der Waals surface area contributed by atoms with Crippen LogP contribution in [0.15, 0.2) is 36.4 Å². The van der Waals surface area contributed by atoms with Crippen LogP contribution in [0.1, 0.15) is 35.7 Å². The fourth-order valence-electron chi connectivity index (χ4n) is 5.57. The summed E-state index contributed by atoms with van der Waals surface area (Å²) in [6, 6.07) is 11.2. The third-order valence-corrected chi connectivity index (χ3v) is 7.93. The number of carbonyl (C=O) groups is 1. The summed E-state index contributed by atoms with van der Waals surface area (Å²) in [5.74, 6) is -1.15. The number of nitrogens with zero attached hydrogens (tertiary/aromatic N) is 4. The molecule has 192 valence electrons. The van der Waals surface area contributed by atoms with Gasteiger partial charge in [0.2, 0.25) is 5.95 Å². The lowest BCUT2D eigenvalue weighted by molar-refractivity contribution is 0.0941. The average molecular weight is 505 g/mol. The van der Waals surface area contributed by atoms with Crippen molar-refractivity contribution < 1.29 is 13.6 Å². The SMILES string of the molecule is CC(C1CC1)N1CCN(c2ccc(-c3nc(-c4cc(F)c5c(c4)CCNC5=O)c(N)nc3F)cc2)CC1. The van der Waals surface area contributed by atoms with E-state index in [-0.39, 0.29) is 22.8 Å². The smallest absolute Gasteiger partial charge is 0.254 e. The van der Waals surface area contributed by atoms with Crippen LogP contribution in [-0.4, -0.2) is 59.5 Å². The van der Waals surface area contributed by atoms with E-state index >= 15 is 0 Å². The van der Waals surface area contributed by atoms with E-state index in [0.717, 1.165) is 37.8 Å². The molecule has 37 heavy (non-hydrogen) atoms. The van der Waals surface area contributed by atoms with Gasteiger partial charge in [-0.05, 0) is 61.9 Å². The van der Waals surface area contributed by atoms with Crippen LogP contribution in [0.5, 0.6) is 0 Å². The maximum absolute atomic E-state index is 14.9. The van der Waals surface area contributed by atoms with Crippen LogP contribution in [0, 0.1) is 17.7 Å². The molecule has 2 fully saturated rings. The normalized spacial score (nSPS) is 18.9. The van der Waals surface area contributed by atoms with Crippen molar-refractivity contribution in [1.29, 1.82) is 0 Å². The molecule has 0 bridgehead atoms. The molecule has 1 unspecified atom stereocenters. The lowest BCUT2D eigenvalue weighted by Crippen LogP contribution is -2.50. The van der Waals surface area contributed by atoms with Gasteiger partial charge in [0.05, 0.1) is 5.56 Å². The Bertz CT molecular complexity index is 1350. The standard InChI is InChI=1S/C28H30F2N6O/c1-16(17-2-3-17)35-10-12-36(13-11-35)21-6-4-18(5-7-21)24-26(30)34-27(31)25(33-24)20-14-19-8-9-32-28(37)23(19)22(29)15-20/h4-7,14-17H,2-3,8-13H2,1H3,(H2,31,34)(H,32,37). The highest BCUT2D eigenvalue weighted by atomic mass is 19.1. The van der Waals surface area contributed by atoms with Crippen molar-refractivity contribution in [3.8, 4) is 22.5 Å². The Morgan fingerprint density at radius 3 is 2.43 bits per heavy atom. The van der Waals surface area contributed by atoms with Crippen molar-refractivity contribution >= 4 is 17.4 Å². The lowest BCUT2D eigenvalue weighted by atomic mass is 9.96. The summed E-state index contributed by atoms with van der Waals surface area (Å²) < 4.78 is 29.7. The molecule has 2 aromatic carbocycles. The Morgan fingerprint density at radius 2 is 1.73 bits per heavy atom. The minimum absolute atomic E-state index is 0.0299. The number of carbonyl (C=O) groups excluding carboxylic acids is 1. The van der Waals surface area contributed by atoms with E-state index in [9.17, 15) is 13.6 Å². The highest BCUT2D eigenvalue weighted by Crippen LogP contribution is 2.36.